The predicted octanol–water partition coefficient (Wildman–Crippen LogP) is 3.99. The number of nitrogens with zero attached hydrogens (tertiary/aromatic N) is 2. The van der Waals surface area contributed by atoms with Crippen molar-refractivity contribution in [3.63, 3.8) is 0 Å². The summed E-state index contributed by atoms with van der Waals surface area (Å²) in [5, 5.41) is 20.9. The molecule has 0 heterocycles. The summed E-state index contributed by atoms with van der Waals surface area (Å²) >= 11 is 3.15. The van der Waals surface area contributed by atoms with E-state index in [4.69, 9.17) is 4.74 Å². The molecule has 2 aromatic carbocycles. The van der Waals surface area contributed by atoms with Crippen molar-refractivity contribution in [2.45, 2.75) is 6.92 Å². The second kappa shape index (κ2) is 7.69. The van der Waals surface area contributed by atoms with E-state index < -0.39 is 22.3 Å². The summed E-state index contributed by atoms with van der Waals surface area (Å²) in [6.07, 6.45) is 1.26. The Balaban J connectivity index is 2.43. The highest BCUT2D eigenvalue weighted by atomic mass is 79.9. The molecule has 8 heteroatoms. The Kier molecular flexibility index (Phi) is 5.64. The number of hydrogen-bond acceptors (Lipinski definition) is 6. The molecule has 0 spiro atoms. The minimum Gasteiger partial charge on any atom is -0.502 e. The molecule has 2 rings (SSSR count). The van der Waals surface area contributed by atoms with Crippen molar-refractivity contribution in [2.24, 2.45) is 4.99 Å². The molecule has 0 unspecified atom stereocenters. The lowest BCUT2D eigenvalue weighted by atomic mass is 10.1. The highest BCUT2D eigenvalue weighted by Crippen LogP contribution is 2.33. The van der Waals surface area contributed by atoms with Gasteiger partial charge in [0.1, 0.15) is 0 Å². The molecule has 0 bridgehead atoms. The molecular formula is C16H13BrN2O5. The first-order chi connectivity index (χ1) is 11.4. The second-order valence-electron chi connectivity index (χ2n) is 4.62. The number of rotatable bonds is 5. The van der Waals surface area contributed by atoms with Crippen LogP contribution >= 0.6 is 15.9 Å². The molecule has 0 amide bonds. The van der Waals surface area contributed by atoms with E-state index >= 15 is 0 Å². The van der Waals surface area contributed by atoms with Gasteiger partial charge in [-0.3, -0.25) is 15.1 Å². The summed E-state index contributed by atoms with van der Waals surface area (Å²) in [5.41, 5.74) is 0.303. The third-order valence-corrected chi connectivity index (χ3v) is 3.48. The summed E-state index contributed by atoms with van der Waals surface area (Å²) < 4.78 is 5.38. The first kappa shape index (κ1) is 17.6. The van der Waals surface area contributed by atoms with Crippen LogP contribution in [0.3, 0.4) is 0 Å². The van der Waals surface area contributed by atoms with Crippen LogP contribution in [0.15, 0.2) is 45.9 Å². The van der Waals surface area contributed by atoms with Gasteiger partial charge in [0.25, 0.3) is 0 Å². The Labute approximate surface area is 145 Å². The second-order valence-corrected chi connectivity index (χ2v) is 5.53. The first-order valence-corrected chi connectivity index (χ1v) is 7.70. The molecule has 0 saturated carbocycles. The van der Waals surface area contributed by atoms with Gasteiger partial charge < -0.3 is 9.84 Å². The Morgan fingerprint density at radius 2 is 2.12 bits per heavy atom. The van der Waals surface area contributed by atoms with Gasteiger partial charge in [-0.2, -0.15) is 0 Å². The van der Waals surface area contributed by atoms with E-state index in [-0.39, 0.29) is 17.7 Å². The number of halogens is 1. The summed E-state index contributed by atoms with van der Waals surface area (Å²) in [7, 11) is 0. The molecule has 0 aliphatic rings. The van der Waals surface area contributed by atoms with Gasteiger partial charge in [0.2, 0.25) is 5.75 Å². The highest BCUT2D eigenvalue weighted by molar-refractivity contribution is 9.10. The molecule has 0 atom stereocenters. The molecule has 0 saturated heterocycles. The number of carbonyl (C=O) groups is 1. The van der Waals surface area contributed by atoms with Gasteiger partial charge in [-0.1, -0.05) is 28.1 Å². The molecule has 24 heavy (non-hydrogen) atoms. The minimum absolute atomic E-state index is 0.148. The fraction of sp³-hybridized carbons (Fsp3) is 0.125. The Morgan fingerprint density at radius 3 is 2.79 bits per heavy atom. The molecule has 0 aliphatic carbocycles. The lowest BCUT2D eigenvalue weighted by Crippen LogP contribution is -2.04. The molecule has 0 fully saturated rings. The Hall–Kier alpha value is -2.74. The number of phenolic OH excluding ortho intramolecular Hbond substituents is 1. The van der Waals surface area contributed by atoms with Gasteiger partial charge in [0.15, 0.2) is 0 Å². The molecular weight excluding hydrogens is 380 g/mol. The van der Waals surface area contributed by atoms with Crippen LogP contribution in [0.25, 0.3) is 0 Å². The van der Waals surface area contributed by atoms with Gasteiger partial charge in [-0.15, -0.1) is 0 Å². The first-order valence-electron chi connectivity index (χ1n) is 6.91. The minimum atomic E-state index is -0.690. The van der Waals surface area contributed by atoms with Gasteiger partial charge in [0.05, 0.1) is 22.8 Å². The number of hydrogen-bond donors (Lipinski definition) is 1. The van der Waals surface area contributed by atoms with Crippen LogP contribution in [0, 0.1) is 10.1 Å². The molecule has 124 valence electrons. The third kappa shape index (κ3) is 3.96. The van der Waals surface area contributed by atoms with Gasteiger partial charge in [-0.25, -0.2) is 4.79 Å². The topological polar surface area (TPSA) is 102 Å². The summed E-state index contributed by atoms with van der Waals surface area (Å²) in [6, 6.07) is 9.21. The van der Waals surface area contributed by atoms with Crippen molar-refractivity contribution >= 4 is 39.5 Å². The zero-order valence-electron chi connectivity index (χ0n) is 12.6. The monoisotopic (exact) mass is 392 g/mol. The van der Waals surface area contributed by atoms with Crippen molar-refractivity contribution < 1.29 is 19.6 Å². The van der Waals surface area contributed by atoms with Crippen LogP contribution < -0.4 is 0 Å². The van der Waals surface area contributed by atoms with Crippen LogP contribution in [0.1, 0.15) is 22.8 Å². The van der Waals surface area contributed by atoms with Crippen LogP contribution in [-0.2, 0) is 4.74 Å². The standard InChI is InChI=1S/C16H13BrN2O5/c1-2-24-16(21)12-5-3-4-6-13(12)18-9-10-7-11(17)8-14(15(10)20)19(22)23/h3-9,20H,2H2,1H3. The number of benzene rings is 2. The average Bonchev–Trinajstić information content (AvgIpc) is 2.55. The number of phenols is 1. The van der Waals surface area contributed by atoms with Crippen molar-refractivity contribution in [1.29, 1.82) is 0 Å². The number of para-hydroxylation sites is 1. The number of carbonyl (C=O) groups excluding carboxylic acids is 1. The van der Waals surface area contributed by atoms with Crippen molar-refractivity contribution in [1.82, 2.24) is 0 Å². The van der Waals surface area contributed by atoms with Crippen molar-refractivity contribution in [3.8, 4) is 5.75 Å². The molecule has 0 aliphatic heterocycles. The lowest BCUT2D eigenvalue weighted by Gasteiger charge is -2.05. The SMILES string of the molecule is CCOC(=O)c1ccccc1N=Cc1cc(Br)cc([N+](=O)[O-])c1O. The molecule has 0 radical (unpaired) electrons. The number of aromatic hydroxyl groups is 1. The molecule has 2 aromatic rings. The van der Waals surface area contributed by atoms with E-state index in [1.165, 1.54) is 18.3 Å². The number of nitro benzene ring substituents is 1. The quantitative estimate of drug-likeness (QED) is 0.358. The van der Waals surface area contributed by atoms with Crippen LogP contribution in [-0.4, -0.2) is 28.8 Å². The van der Waals surface area contributed by atoms with Crippen molar-refractivity contribution in [2.75, 3.05) is 6.61 Å². The zero-order chi connectivity index (χ0) is 17.7. The average molecular weight is 393 g/mol. The predicted molar refractivity (Wildman–Crippen MR) is 92.1 cm³/mol. The number of nitro groups is 1. The van der Waals surface area contributed by atoms with Gasteiger partial charge in [-0.05, 0) is 25.1 Å². The van der Waals surface area contributed by atoms with Crippen LogP contribution in [0.2, 0.25) is 0 Å². The molecule has 0 aromatic heterocycles. The van der Waals surface area contributed by atoms with Crippen LogP contribution in [0.4, 0.5) is 11.4 Å². The maximum Gasteiger partial charge on any atom is 0.340 e. The van der Waals surface area contributed by atoms with E-state index in [9.17, 15) is 20.0 Å². The fourth-order valence-corrected chi connectivity index (χ4v) is 2.41. The Bertz CT molecular complexity index is 820. The maximum atomic E-state index is 11.9. The maximum absolute atomic E-state index is 11.9. The third-order valence-electron chi connectivity index (χ3n) is 3.02. The van der Waals surface area contributed by atoms with E-state index in [0.717, 1.165) is 0 Å². The number of esters is 1. The summed E-state index contributed by atoms with van der Waals surface area (Å²) in [4.78, 5) is 26.3. The van der Waals surface area contributed by atoms with Crippen LogP contribution in [0.5, 0.6) is 5.75 Å². The molecule has 7 nitrogen and oxygen atoms in total. The van der Waals surface area contributed by atoms with E-state index in [2.05, 4.69) is 20.9 Å². The summed E-state index contributed by atoms with van der Waals surface area (Å²) in [5.74, 6) is -1.02. The van der Waals surface area contributed by atoms with E-state index in [1.807, 2.05) is 0 Å². The van der Waals surface area contributed by atoms with E-state index in [0.29, 0.717) is 10.2 Å². The van der Waals surface area contributed by atoms with Gasteiger partial charge in [0, 0.05) is 22.3 Å². The van der Waals surface area contributed by atoms with Gasteiger partial charge >= 0.3 is 11.7 Å². The normalized spacial score (nSPS) is 10.8. The summed E-state index contributed by atoms with van der Waals surface area (Å²) in [6.45, 7) is 1.93. The number of aliphatic imine (C=N–C) groups is 1. The van der Waals surface area contributed by atoms with Crippen molar-refractivity contribution in [3.05, 3.63) is 62.1 Å². The van der Waals surface area contributed by atoms with E-state index in [1.54, 1.807) is 31.2 Å². The largest absolute Gasteiger partial charge is 0.502 e. The highest BCUT2D eigenvalue weighted by Gasteiger charge is 2.18. The lowest BCUT2D eigenvalue weighted by molar-refractivity contribution is -0.385. The molecule has 1 N–H and O–H groups in total. The Morgan fingerprint density at radius 1 is 1.42 bits per heavy atom. The smallest absolute Gasteiger partial charge is 0.340 e. The zero-order valence-corrected chi connectivity index (χ0v) is 14.2. The fourth-order valence-electron chi connectivity index (χ4n) is 1.95. The number of ether oxygens (including phenoxy) is 1.